The predicted molar refractivity (Wildman–Crippen MR) is 90.0 cm³/mol. The minimum atomic E-state index is -0.473. The number of halogens is 1. The summed E-state index contributed by atoms with van der Waals surface area (Å²) >= 11 is 0. The number of benzene rings is 1. The molecule has 1 heterocycles. The van der Waals surface area contributed by atoms with Crippen molar-refractivity contribution < 1.29 is 19.0 Å². The Bertz CT molecular complexity index is 564. The number of nitrogens with zero attached hydrogens (tertiary/aromatic N) is 1. The van der Waals surface area contributed by atoms with E-state index >= 15 is 0 Å². The number of rotatable bonds is 4. The first-order valence-electron chi connectivity index (χ1n) is 8.38. The predicted octanol–water partition coefficient (Wildman–Crippen LogP) is 2.81. The SMILES string of the molecule is CC(C)(C)OC(=O)N1CCC(NCc2ccc(F)c(CO)c2)CC1. The van der Waals surface area contributed by atoms with Gasteiger partial charge in [0.15, 0.2) is 0 Å². The van der Waals surface area contributed by atoms with Crippen LogP contribution in [0.1, 0.15) is 44.7 Å². The number of ether oxygens (including phenoxy) is 1. The fraction of sp³-hybridized carbons (Fsp3) is 0.611. The fourth-order valence-corrected chi connectivity index (χ4v) is 2.71. The van der Waals surface area contributed by atoms with Crippen LogP contribution >= 0.6 is 0 Å². The van der Waals surface area contributed by atoms with Crippen LogP contribution in [-0.2, 0) is 17.9 Å². The van der Waals surface area contributed by atoms with Gasteiger partial charge in [0.05, 0.1) is 6.61 Å². The molecular weight excluding hydrogens is 311 g/mol. The molecule has 1 aromatic carbocycles. The molecule has 6 heteroatoms. The summed E-state index contributed by atoms with van der Waals surface area (Å²) in [6.45, 7) is 7.24. The van der Waals surface area contributed by atoms with Crippen molar-refractivity contribution in [1.82, 2.24) is 10.2 Å². The fourth-order valence-electron chi connectivity index (χ4n) is 2.71. The van der Waals surface area contributed by atoms with Crippen LogP contribution < -0.4 is 5.32 Å². The highest BCUT2D eigenvalue weighted by Gasteiger charge is 2.26. The van der Waals surface area contributed by atoms with Gasteiger partial charge in [-0.05, 0) is 51.3 Å². The number of aliphatic hydroxyl groups is 1. The Kier molecular flexibility index (Phi) is 6.18. The van der Waals surface area contributed by atoms with E-state index in [0.717, 1.165) is 18.4 Å². The molecule has 2 N–H and O–H groups in total. The van der Waals surface area contributed by atoms with Gasteiger partial charge in [-0.15, -0.1) is 0 Å². The van der Waals surface area contributed by atoms with Gasteiger partial charge in [-0.2, -0.15) is 0 Å². The monoisotopic (exact) mass is 338 g/mol. The van der Waals surface area contributed by atoms with Crippen molar-refractivity contribution in [2.45, 2.75) is 58.4 Å². The summed E-state index contributed by atoms with van der Waals surface area (Å²) < 4.78 is 18.8. The molecule has 0 radical (unpaired) electrons. The first kappa shape index (κ1) is 18.7. The third-order valence-electron chi connectivity index (χ3n) is 4.02. The first-order chi connectivity index (χ1) is 11.3. The molecule has 1 fully saturated rings. The van der Waals surface area contributed by atoms with E-state index in [1.54, 1.807) is 17.0 Å². The molecule has 0 aromatic heterocycles. The maximum absolute atomic E-state index is 13.4. The van der Waals surface area contributed by atoms with Gasteiger partial charge in [-0.25, -0.2) is 9.18 Å². The molecule has 134 valence electrons. The van der Waals surface area contributed by atoms with E-state index in [4.69, 9.17) is 9.84 Å². The Labute approximate surface area is 142 Å². The van der Waals surface area contributed by atoms with Crippen molar-refractivity contribution in [1.29, 1.82) is 0 Å². The number of hydrogen-bond donors (Lipinski definition) is 2. The van der Waals surface area contributed by atoms with E-state index in [1.165, 1.54) is 6.07 Å². The molecule has 1 aliphatic heterocycles. The van der Waals surface area contributed by atoms with E-state index < -0.39 is 5.60 Å². The summed E-state index contributed by atoms with van der Waals surface area (Å²) in [5, 5.41) is 12.5. The lowest BCUT2D eigenvalue weighted by Crippen LogP contribution is -2.46. The third kappa shape index (κ3) is 5.46. The summed E-state index contributed by atoms with van der Waals surface area (Å²) in [7, 11) is 0. The highest BCUT2D eigenvalue weighted by Crippen LogP contribution is 2.16. The molecular formula is C18H27FN2O3. The zero-order valence-corrected chi connectivity index (χ0v) is 14.6. The van der Waals surface area contributed by atoms with Gasteiger partial charge in [0.1, 0.15) is 11.4 Å². The lowest BCUT2D eigenvalue weighted by Gasteiger charge is -2.33. The Morgan fingerprint density at radius 3 is 2.62 bits per heavy atom. The van der Waals surface area contributed by atoms with Gasteiger partial charge >= 0.3 is 6.09 Å². The minimum Gasteiger partial charge on any atom is -0.444 e. The van der Waals surface area contributed by atoms with Gasteiger partial charge in [0.2, 0.25) is 0 Å². The molecule has 1 saturated heterocycles. The van der Waals surface area contributed by atoms with E-state index in [1.807, 2.05) is 20.8 Å². The number of amides is 1. The Morgan fingerprint density at radius 2 is 2.04 bits per heavy atom. The van der Waals surface area contributed by atoms with Crippen LogP contribution in [0.2, 0.25) is 0 Å². The maximum Gasteiger partial charge on any atom is 0.410 e. The van der Waals surface area contributed by atoms with Crippen LogP contribution in [0, 0.1) is 5.82 Å². The summed E-state index contributed by atoms with van der Waals surface area (Å²) in [5.41, 5.74) is 0.781. The van der Waals surface area contributed by atoms with Crippen molar-refractivity contribution in [2.75, 3.05) is 13.1 Å². The number of likely N-dealkylation sites (tertiary alicyclic amines) is 1. The first-order valence-corrected chi connectivity index (χ1v) is 8.38. The molecule has 1 aromatic rings. The Balaban J connectivity index is 1.78. The van der Waals surface area contributed by atoms with Crippen molar-refractivity contribution in [2.24, 2.45) is 0 Å². The lowest BCUT2D eigenvalue weighted by molar-refractivity contribution is 0.0198. The van der Waals surface area contributed by atoms with Gasteiger partial charge in [-0.3, -0.25) is 0 Å². The lowest BCUT2D eigenvalue weighted by atomic mass is 10.0. The topological polar surface area (TPSA) is 61.8 Å². The van der Waals surface area contributed by atoms with Crippen LogP contribution in [0.25, 0.3) is 0 Å². The third-order valence-corrected chi connectivity index (χ3v) is 4.02. The Hall–Kier alpha value is -1.66. The summed E-state index contributed by atoms with van der Waals surface area (Å²) in [6.07, 6.45) is 1.45. The molecule has 0 spiro atoms. The molecule has 1 aliphatic rings. The second kappa shape index (κ2) is 7.94. The van der Waals surface area contributed by atoms with Gasteiger partial charge in [0.25, 0.3) is 0 Å². The zero-order chi connectivity index (χ0) is 17.7. The highest BCUT2D eigenvalue weighted by atomic mass is 19.1. The highest BCUT2D eigenvalue weighted by molar-refractivity contribution is 5.68. The largest absolute Gasteiger partial charge is 0.444 e. The maximum atomic E-state index is 13.4. The normalized spacial score (nSPS) is 16.3. The van der Waals surface area contributed by atoms with Crippen molar-refractivity contribution in [3.63, 3.8) is 0 Å². The molecule has 0 bridgehead atoms. The smallest absolute Gasteiger partial charge is 0.410 e. The van der Waals surface area contributed by atoms with E-state index in [9.17, 15) is 9.18 Å². The molecule has 5 nitrogen and oxygen atoms in total. The number of aliphatic hydroxyl groups excluding tert-OH is 1. The second-order valence-electron chi connectivity index (χ2n) is 7.21. The molecule has 1 amide bonds. The van der Waals surface area contributed by atoms with Crippen LogP contribution in [0.15, 0.2) is 18.2 Å². The van der Waals surface area contributed by atoms with Crippen LogP contribution in [-0.4, -0.2) is 40.8 Å². The number of nitrogens with one attached hydrogen (secondary N) is 1. The Morgan fingerprint density at radius 1 is 1.38 bits per heavy atom. The molecule has 2 rings (SSSR count). The second-order valence-corrected chi connectivity index (χ2v) is 7.21. The van der Waals surface area contributed by atoms with Gasteiger partial charge < -0.3 is 20.1 Å². The molecule has 0 atom stereocenters. The van der Waals surface area contributed by atoms with Crippen molar-refractivity contribution in [3.8, 4) is 0 Å². The number of carbonyl (C=O) groups is 1. The summed E-state index contributed by atoms with van der Waals surface area (Å²) in [6, 6.07) is 5.09. The molecule has 0 unspecified atom stereocenters. The average Bonchev–Trinajstić information content (AvgIpc) is 2.53. The van der Waals surface area contributed by atoms with Gasteiger partial charge in [-0.1, -0.05) is 6.07 Å². The number of piperidine rings is 1. The average molecular weight is 338 g/mol. The number of hydrogen-bond acceptors (Lipinski definition) is 4. The molecule has 24 heavy (non-hydrogen) atoms. The number of carbonyl (C=O) groups excluding carboxylic acids is 1. The molecule has 0 saturated carbocycles. The van der Waals surface area contributed by atoms with E-state index in [2.05, 4.69) is 5.32 Å². The standard InChI is InChI=1S/C18H27FN2O3/c1-18(2,3)24-17(23)21-8-6-15(7-9-21)20-11-13-4-5-16(19)14(10-13)12-22/h4-5,10,15,20,22H,6-9,11-12H2,1-3H3. The van der Waals surface area contributed by atoms with E-state index in [-0.39, 0.29) is 18.5 Å². The van der Waals surface area contributed by atoms with Crippen LogP contribution in [0.5, 0.6) is 0 Å². The summed E-state index contributed by atoms with van der Waals surface area (Å²) in [4.78, 5) is 13.8. The quantitative estimate of drug-likeness (QED) is 0.886. The summed E-state index contributed by atoms with van der Waals surface area (Å²) in [5.74, 6) is -0.382. The molecule has 0 aliphatic carbocycles. The van der Waals surface area contributed by atoms with E-state index in [0.29, 0.717) is 31.2 Å². The minimum absolute atomic E-state index is 0.257. The zero-order valence-electron chi connectivity index (χ0n) is 14.6. The van der Waals surface area contributed by atoms with Crippen LogP contribution in [0.4, 0.5) is 9.18 Å². The van der Waals surface area contributed by atoms with Crippen LogP contribution in [0.3, 0.4) is 0 Å². The van der Waals surface area contributed by atoms with Crippen molar-refractivity contribution >= 4 is 6.09 Å². The van der Waals surface area contributed by atoms with Crippen molar-refractivity contribution in [3.05, 3.63) is 35.1 Å². The van der Waals surface area contributed by atoms with Gasteiger partial charge in [0, 0.05) is 31.2 Å².